The summed E-state index contributed by atoms with van der Waals surface area (Å²) in [5, 5.41) is 0. The first-order valence-corrected chi connectivity index (χ1v) is 9.81. The van der Waals surface area contributed by atoms with Crippen LogP contribution >= 0.6 is 0 Å². The van der Waals surface area contributed by atoms with Gasteiger partial charge in [-0.3, -0.25) is 0 Å². The van der Waals surface area contributed by atoms with E-state index in [4.69, 9.17) is 28.4 Å². The van der Waals surface area contributed by atoms with Crippen LogP contribution in [0.5, 0.6) is 34.5 Å². The quantitative estimate of drug-likeness (QED) is 0.706. The van der Waals surface area contributed by atoms with Crippen LogP contribution in [0.4, 0.5) is 0 Å². The molecule has 0 radical (unpaired) electrons. The van der Waals surface area contributed by atoms with Gasteiger partial charge in [-0.05, 0) is 47.4 Å². The van der Waals surface area contributed by atoms with Crippen molar-refractivity contribution in [2.75, 3.05) is 35.2 Å². The van der Waals surface area contributed by atoms with E-state index in [0.29, 0.717) is 40.8 Å². The van der Waals surface area contributed by atoms with E-state index >= 15 is 0 Å². The van der Waals surface area contributed by atoms with Crippen LogP contribution in [0.2, 0.25) is 0 Å². The molecular weight excluding hydrogens is 372 g/mol. The molecule has 2 aliphatic rings. The minimum absolute atomic E-state index is 0.221. The molecule has 4 unspecified atom stereocenters. The maximum absolute atomic E-state index is 5.73. The van der Waals surface area contributed by atoms with Gasteiger partial charge in [-0.25, -0.2) is 0 Å². The second-order valence-corrected chi connectivity index (χ2v) is 7.68. The van der Waals surface area contributed by atoms with Crippen molar-refractivity contribution in [3.05, 3.63) is 35.4 Å². The van der Waals surface area contributed by atoms with Gasteiger partial charge in [0, 0.05) is 11.6 Å². The molecule has 1 aliphatic heterocycles. The third-order valence-corrected chi connectivity index (χ3v) is 6.51. The third-order valence-electron chi connectivity index (χ3n) is 6.51. The van der Waals surface area contributed by atoms with Gasteiger partial charge in [0.05, 0.1) is 28.4 Å². The van der Waals surface area contributed by atoms with Crippen molar-refractivity contribution in [1.29, 1.82) is 0 Å². The van der Waals surface area contributed by atoms with E-state index in [1.165, 1.54) is 5.56 Å². The average molecular weight is 400 g/mol. The van der Waals surface area contributed by atoms with E-state index in [0.717, 1.165) is 17.1 Å². The summed E-state index contributed by atoms with van der Waals surface area (Å²) >= 11 is 0. The summed E-state index contributed by atoms with van der Waals surface area (Å²) in [6, 6.07) is 8.10. The fourth-order valence-electron chi connectivity index (χ4n) is 4.81. The Balaban J connectivity index is 1.79. The van der Waals surface area contributed by atoms with Gasteiger partial charge in [0.25, 0.3) is 0 Å². The predicted octanol–water partition coefficient (Wildman–Crippen LogP) is 4.60. The first-order valence-electron chi connectivity index (χ1n) is 9.81. The Labute approximate surface area is 171 Å². The molecule has 2 aromatic carbocycles. The second-order valence-electron chi connectivity index (χ2n) is 7.68. The van der Waals surface area contributed by atoms with E-state index in [-0.39, 0.29) is 12.7 Å². The molecule has 4 rings (SSSR count). The van der Waals surface area contributed by atoms with E-state index in [9.17, 15) is 0 Å². The zero-order valence-corrected chi connectivity index (χ0v) is 17.8. The Morgan fingerprint density at radius 3 is 1.97 bits per heavy atom. The summed E-state index contributed by atoms with van der Waals surface area (Å²) in [4.78, 5) is 0. The average Bonchev–Trinajstić information content (AvgIpc) is 3.23. The first kappa shape index (κ1) is 19.6. The van der Waals surface area contributed by atoms with Crippen molar-refractivity contribution in [1.82, 2.24) is 0 Å². The summed E-state index contributed by atoms with van der Waals surface area (Å²) in [7, 11) is 6.63. The number of hydrogen-bond donors (Lipinski definition) is 0. The molecule has 156 valence electrons. The number of benzene rings is 2. The standard InChI is InChI=1S/C23H28O6/c1-12-13(2)22(15-9-17(25-4)18(26-5)10-16(15)24-3)21(12)14-7-19(27-6)23-20(8-14)28-11-29-23/h7-10,12-13,21-22H,11H2,1-6H3. The molecule has 0 saturated heterocycles. The second kappa shape index (κ2) is 7.58. The maximum atomic E-state index is 5.73. The van der Waals surface area contributed by atoms with E-state index in [1.807, 2.05) is 12.1 Å². The molecule has 0 spiro atoms. The van der Waals surface area contributed by atoms with Crippen LogP contribution in [0.25, 0.3) is 0 Å². The Kier molecular flexibility index (Phi) is 5.11. The summed E-state index contributed by atoms with van der Waals surface area (Å²) in [6.45, 7) is 4.79. The van der Waals surface area contributed by atoms with E-state index in [2.05, 4.69) is 26.0 Å². The molecular formula is C23H28O6. The maximum Gasteiger partial charge on any atom is 0.231 e. The van der Waals surface area contributed by atoms with Gasteiger partial charge in [0.15, 0.2) is 23.0 Å². The highest BCUT2D eigenvalue weighted by Crippen LogP contribution is 2.61. The molecule has 1 fully saturated rings. The van der Waals surface area contributed by atoms with Crippen LogP contribution in [0.1, 0.15) is 36.8 Å². The van der Waals surface area contributed by atoms with Crippen molar-refractivity contribution in [2.45, 2.75) is 25.7 Å². The van der Waals surface area contributed by atoms with Crippen molar-refractivity contribution < 1.29 is 28.4 Å². The smallest absolute Gasteiger partial charge is 0.231 e. The Morgan fingerprint density at radius 2 is 1.31 bits per heavy atom. The Morgan fingerprint density at radius 1 is 0.690 bits per heavy atom. The number of hydrogen-bond acceptors (Lipinski definition) is 6. The zero-order chi connectivity index (χ0) is 20.7. The van der Waals surface area contributed by atoms with Crippen LogP contribution in [0, 0.1) is 11.8 Å². The minimum atomic E-state index is 0.221. The molecule has 1 aliphatic carbocycles. The van der Waals surface area contributed by atoms with Crippen LogP contribution in [-0.4, -0.2) is 35.2 Å². The van der Waals surface area contributed by atoms with Gasteiger partial charge in [-0.1, -0.05) is 13.8 Å². The number of methoxy groups -OCH3 is 4. The van der Waals surface area contributed by atoms with Crippen molar-refractivity contribution in [3.8, 4) is 34.5 Å². The lowest BCUT2D eigenvalue weighted by Gasteiger charge is -2.50. The number of fused-ring (bicyclic) bond motifs is 1. The van der Waals surface area contributed by atoms with Gasteiger partial charge in [-0.15, -0.1) is 0 Å². The van der Waals surface area contributed by atoms with Crippen LogP contribution in [-0.2, 0) is 0 Å². The molecule has 0 N–H and O–H groups in total. The molecule has 1 heterocycles. The third kappa shape index (κ3) is 3.02. The lowest BCUT2D eigenvalue weighted by molar-refractivity contribution is 0.119. The summed E-state index contributed by atoms with van der Waals surface area (Å²) in [5.41, 5.74) is 2.30. The van der Waals surface area contributed by atoms with Crippen molar-refractivity contribution in [2.24, 2.45) is 11.8 Å². The fourth-order valence-corrected chi connectivity index (χ4v) is 4.81. The van der Waals surface area contributed by atoms with Gasteiger partial charge in [-0.2, -0.15) is 0 Å². The highest BCUT2D eigenvalue weighted by molar-refractivity contribution is 5.58. The number of rotatable bonds is 6. The predicted molar refractivity (Wildman–Crippen MR) is 109 cm³/mol. The molecule has 0 amide bonds. The highest BCUT2D eigenvalue weighted by atomic mass is 16.7. The van der Waals surface area contributed by atoms with Crippen molar-refractivity contribution >= 4 is 0 Å². The van der Waals surface area contributed by atoms with Crippen molar-refractivity contribution in [3.63, 3.8) is 0 Å². The minimum Gasteiger partial charge on any atom is -0.496 e. The van der Waals surface area contributed by atoms with Gasteiger partial charge in [0.2, 0.25) is 12.5 Å². The fraction of sp³-hybridized carbons (Fsp3) is 0.478. The molecule has 0 bridgehead atoms. The molecule has 29 heavy (non-hydrogen) atoms. The van der Waals surface area contributed by atoms with Gasteiger partial charge in [0.1, 0.15) is 5.75 Å². The van der Waals surface area contributed by atoms with Crippen LogP contribution < -0.4 is 28.4 Å². The molecule has 4 atom stereocenters. The number of ether oxygens (including phenoxy) is 6. The first-order chi connectivity index (χ1) is 14.0. The normalized spacial score (nSPS) is 24.6. The highest BCUT2D eigenvalue weighted by Gasteiger charge is 2.48. The summed E-state index contributed by atoms with van der Waals surface area (Å²) in [5.74, 6) is 5.83. The molecule has 6 nitrogen and oxygen atoms in total. The van der Waals surface area contributed by atoms with Gasteiger partial charge < -0.3 is 28.4 Å². The zero-order valence-electron chi connectivity index (χ0n) is 17.8. The lowest BCUT2D eigenvalue weighted by atomic mass is 9.53. The molecule has 6 heteroatoms. The van der Waals surface area contributed by atoms with E-state index < -0.39 is 0 Å². The molecule has 1 saturated carbocycles. The Hall–Kier alpha value is -2.76. The van der Waals surface area contributed by atoms with Gasteiger partial charge >= 0.3 is 0 Å². The van der Waals surface area contributed by atoms with Crippen LogP contribution in [0.3, 0.4) is 0 Å². The lowest BCUT2D eigenvalue weighted by Crippen LogP contribution is -2.40. The monoisotopic (exact) mass is 400 g/mol. The van der Waals surface area contributed by atoms with Crippen LogP contribution in [0.15, 0.2) is 24.3 Å². The largest absolute Gasteiger partial charge is 0.496 e. The molecule has 0 aromatic heterocycles. The SMILES string of the molecule is COc1cc(OC)c(C2C(C)C(C)C2c2cc(OC)c3c(c2)OCO3)cc1OC. The van der Waals surface area contributed by atoms with E-state index in [1.54, 1.807) is 28.4 Å². The molecule has 2 aromatic rings. The Bertz CT molecular complexity index is 909. The topological polar surface area (TPSA) is 55.4 Å². The summed E-state index contributed by atoms with van der Waals surface area (Å²) < 4.78 is 33.5. The summed E-state index contributed by atoms with van der Waals surface area (Å²) in [6.07, 6.45) is 0.